The van der Waals surface area contributed by atoms with Gasteiger partial charge in [-0.1, -0.05) is 44.9 Å². The number of amides is 1. The van der Waals surface area contributed by atoms with Crippen molar-refractivity contribution in [1.82, 2.24) is 15.2 Å². The predicted octanol–water partition coefficient (Wildman–Crippen LogP) is 5.56. The predicted molar refractivity (Wildman–Crippen MR) is 135 cm³/mol. The number of nitrogens with one attached hydrogen (secondary N) is 2. The zero-order valence-electron chi connectivity index (χ0n) is 21.3. The number of carbonyl (C=O) groups excluding carboxylic acids is 2. The number of rotatable bonds is 8. The Balaban J connectivity index is 1.41. The molecule has 3 fully saturated rings. The molecule has 0 aromatic carbocycles. The van der Waals surface area contributed by atoms with Crippen molar-refractivity contribution in [3.05, 3.63) is 29.1 Å². The van der Waals surface area contributed by atoms with Crippen molar-refractivity contribution in [3.63, 3.8) is 0 Å². The van der Waals surface area contributed by atoms with Crippen LogP contribution in [0, 0.1) is 37.0 Å². The molecule has 0 radical (unpaired) electrons. The van der Waals surface area contributed by atoms with E-state index in [1.807, 2.05) is 26.0 Å². The van der Waals surface area contributed by atoms with Gasteiger partial charge in [0.2, 0.25) is 0 Å². The number of Topliss-reactive ketones (excluding diaryl/α,β-unsaturated/α-hetero) is 1. The fourth-order valence-electron chi connectivity index (χ4n) is 6.76. The van der Waals surface area contributed by atoms with E-state index in [1.165, 1.54) is 37.0 Å². The van der Waals surface area contributed by atoms with Crippen LogP contribution in [0.5, 0.6) is 0 Å². The Kier molecular flexibility index (Phi) is 7.73. The van der Waals surface area contributed by atoms with Gasteiger partial charge in [-0.05, 0) is 75.8 Å². The van der Waals surface area contributed by atoms with Crippen molar-refractivity contribution in [1.29, 1.82) is 5.41 Å². The molecule has 1 aromatic rings. The first-order valence-corrected chi connectivity index (χ1v) is 13.4. The highest BCUT2D eigenvalue weighted by atomic mass is 16.2. The Morgan fingerprint density at radius 3 is 2.35 bits per heavy atom. The van der Waals surface area contributed by atoms with Gasteiger partial charge in [0.05, 0.1) is 0 Å². The lowest BCUT2D eigenvalue weighted by Crippen LogP contribution is -2.49. The van der Waals surface area contributed by atoms with Gasteiger partial charge in [0.15, 0.2) is 11.7 Å². The van der Waals surface area contributed by atoms with Gasteiger partial charge in [-0.15, -0.1) is 0 Å². The third-order valence-corrected chi connectivity index (χ3v) is 8.52. The number of carbonyl (C=O) groups is 2. The molecule has 6 nitrogen and oxygen atoms in total. The summed E-state index contributed by atoms with van der Waals surface area (Å²) in [5, 5.41) is 11.6. The van der Waals surface area contributed by atoms with Gasteiger partial charge in [0.25, 0.3) is 5.91 Å². The highest BCUT2D eigenvalue weighted by molar-refractivity contribution is 6.07. The summed E-state index contributed by atoms with van der Waals surface area (Å²) in [6.45, 7) is 3.88. The van der Waals surface area contributed by atoms with Crippen molar-refractivity contribution in [2.24, 2.45) is 17.8 Å². The fraction of sp³-hybridized carbons (Fsp3) is 0.714. The van der Waals surface area contributed by atoms with Crippen LogP contribution in [-0.4, -0.2) is 40.1 Å². The van der Waals surface area contributed by atoms with Gasteiger partial charge in [-0.3, -0.25) is 24.9 Å². The Bertz CT molecular complexity index is 903. The number of likely N-dealkylation sites (N-methyl/N-ethyl adjacent to an activating group) is 1. The second-order valence-electron chi connectivity index (χ2n) is 11.3. The molecule has 2 N–H and O–H groups in total. The molecule has 186 valence electrons. The first-order chi connectivity index (χ1) is 16.3. The van der Waals surface area contributed by atoms with E-state index in [0.717, 1.165) is 61.9 Å². The summed E-state index contributed by atoms with van der Waals surface area (Å²) in [6, 6.07) is 3.80. The van der Waals surface area contributed by atoms with Crippen LogP contribution in [0.15, 0.2) is 12.1 Å². The lowest BCUT2D eigenvalue weighted by molar-refractivity contribution is -0.131. The number of aromatic nitrogens is 1. The van der Waals surface area contributed by atoms with Crippen LogP contribution < -0.4 is 5.32 Å². The average Bonchev–Trinajstić information content (AvgIpc) is 3.01. The maximum absolute atomic E-state index is 13.4. The van der Waals surface area contributed by atoms with E-state index >= 15 is 0 Å². The third-order valence-electron chi connectivity index (χ3n) is 8.52. The number of guanidine groups is 1. The second-order valence-corrected chi connectivity index (χ2v) is 11.3. The first kappa shape index (κ1) is 24.9. The van der Waals surface area contributed by atoms with Gasteiger partial charge in [-0.25, -0.2) is 0 Å². The highest BCUT2D eigenvalue weighted by Crippen LogP contribution is 2.40. The number of nitrogens with zero attached hydrogens (tertiary/aromatic N) is 2. The molecule has 2 saturated carbocycles. The summed E-state index contributed by atoms with van der Waals surface area (Å²) in [6.07, 6.45) is 14.0. The lowest BCUT2D eigenvalue weighted by Gasteiger charge is -2.36. The quantitative estimate of drug-likeness (QED) is 0.491. The Labute approximate surface area is 204 Å². The summed E-state index contributed by atoms with van der Waals surface area (Å²) < 4.78 is 0. The van der Waals surface area contributed by atoms with Gasteiger partial charge in [-0.2, -0.15) is 0 Å². The first-order valence-electron chi connectivity index (χ1n) is 13.4. The minimum Gasteiger partial charge on any atom is -0.342 e. The van der Waals surface area contributed by atoms with Crippen LogP contribution in [0.25, 0.3) is 0 Å². The lowest BCUT2D eigenvalue weighted by atomic mass is 9.71. The van der Waals surface area contributed by atoms with Crippen LogP contribution in [0.3, 0.4) is 0 Å². The van der Waals surface area contributed by atoms with Crippen LogP contribution >= 0.6 is 0 Å². The number of aryl methyl sites for hydroxylation is 2. The summed E-state index contributed by atoms with van der Waals surface area (Å²) in [5.74, 6) is 2.00. The Morgan fingerprint density at radius 1 is 1.06 bits per heavy atom. The van der Waals surface area contributed by atoms with Crippen molar-refractivity contribution >= 4 is 17.6 Å². The maximum atomic E-state index is 13.4. The molecular formula is C28H42N4O2. The zero-order chi connectivity index (χ0) is 24.3. The molecule has 2 aliphatic carbocycles. The van der Waals surface area contributed by atoms with Crippen LogP contribution in [0.2, 0.25) is 0 Å². The van der Waals surface area contributed by atoms with Gasteiger partial charge in [0.1, 0.15) is 5.54 Å². The molecule has 1 amide bonds. The molecule has 0 bridgehead atoms. The number of hydrogen-bond acceptors (Lipinski definition) is 4. The van der Waals surface area contributed by atoms with E-state index < -0.39 is 5.54 Å². The van der Waals surface area contributed by atoms with Crippen molar-refractivity contribution < 1.29 is 9.59 Å². The second kappa shape index (κ2) is 10.6. The molecule has 34 heavy (non-hydrogen) atoms. The maximum Gasteiger partial charge on any atom is 0.254 e. The molecule has 1 saturated heterocycles. The standard InChI is InChI=1S/C28H42N4O2/c1-19-14-24(15-20(2)30-19)25(33)17-22-10-7-11-23(16-22)18-28(26(34)32(3)27(29)31-28)13-12-21-8-5-4-6-9-21/h14-15,21-23H,4-13,16-18H2,1-3H3,(H2,29,31)/t22-,23+,28-/m1/s1. The Hall–Kier alpha value is -2.24. The van der Waals surface area contributed by atoms with E-state index in [4.69, 9.17) is 5.41 Å². The minimum atomic E-state index is -0.640. The number of hydrogen-bond donors (Lipinski definition) is 2. The zero-order valence-corrected chi connectivity index (χ0v) is 21.3. The molecule has 3 atom stereocenters. The van der Waals surface area contributed by atoms with Gasteiger partial charge in [0, 0.05) is 30.4 Å². The van der Waals surface area contributed by atoms with E-state index in [1.54, 1.807) is 7.05 Å². The van der Waals surface area contributed by atoms with E-state index in [0.29, 0.717) is 24.2 Å². The van der Waals surface area contributed by atoms with Crippen LogP contribution in [-0.2, 0) is 4.79 Å². The van der Waals surface area contributed by atoms with Crippen molar-refractivity contribution in [2.45, 2.75) is 103 Å². The molecule has 0 unspecified atom stereocenters. The van der Waals surface area contributed by atoms with Gasteiger partial charge < -0.3 is 5.32 Å². The summed E-state index contributed by atoms with van der Waals surface area (Å²) in [5.41, 5.74) is 1.92. The molecule has 3 aliphatic rings. The largest absolute Gasteiger partial charge is 0.342 e. The minimum absolute atomic E-state index is 0.0641. The normalized spacial score (nSPS) is 28.3. The van der Waals surface area contributed by atoms with Crippen molar-refractivity contribution in [3.8, 4) is 0 Å². The topological polar surface area (TPSA) is 86.2 Å². The third kappa shape index (κ3) is 5.69. The van der Waals surface area contributed by atoms with Crippen molar-refractivity contribution in [2.75, 3.05) is 7.05 Å². The fourth-order valence-corrected chi connectivity index (χ4v) is 6.76. The summed E-state index contributed by atoms with van der Waals surface area (Å²) in [7, 11) is 1.72. The molecule has 4 rings (SSSR count). The average molecular weight is 467 g/mol. The highest BCUT2D eigenvalue weighted by Gasteiger charge is 2.49. The molecule has 1 aromatic heterocycles. The number of ketones is 1. The summed E-state index contributed by atoms with van der Waals surface area (Å²) >= 11 is 0. The molecule has 1 aliphatic heterocycles. The van der Waals surface area contributed by atoms with Crippen LogP contribution in [0.4, 0.5) is 0 Å². The van der Waals surface area contributed by atoms with Crippen LogP contribution in [0.1, 0.15) is 105 Å². The Morgan fingerprint density at radius 2 is 1.71 bits per heavy atom. The van der Waals surface area contributed by atoms with E-state index in [-0.39, 0.29) is 17.6 Å². The monoisotopic (exact) mass is 466 g/mol. The van der Waals surface area contributed by atoms with Gasteiger partial charge >= 0.3 is 0 Å². The SMILES string of the molecule is Cc1cc(C(=O)C[C@@H]2CCC[C@H](C[C@@]3(CCC4CCCCC4)NC(=N)N(C)C3=O)C2)cc(C)n1. The van der Waals surface area contributed by atoms with E-state index in [9.17, 15) is 9.59 Å². The number of pyridine rings is 1. The molecule has 0 spiro atoms. The smallest absolute Gasteiger partial charge is 0.254 e. The molecular weight excluding hydrogens is 424 g/mol. The van der Waals surface area contributed by atoms with E-state index in [2.05, 4.69) is 10.3 Å². The summed E-state index contributed by atoms with van der Waals surface area (Å²) in [4.78, 5) is 32.3. The molecule has 2 heterocycles. The molecule has 6 heteroatoms.